The second kappa shape index (κ2) is 4.41. The van der Waals surface area contributed by atoms with Gasteiger partial charge >= 0.3 is 5.88 Å². The van der Waals surface area contributed by atoms with Crippen molar-refractivity contribution in [2.75, 3.05) is 6.61 Å². The molecule has 1 heterocycles. The Morgan fingerprint density at radius 3 is 2.73 bits per heavy atom. The van der Waals surface area contributed by atoms with Crippen molar-refractivity contribution in [2.45, 2.75) is 26.0 Å². The summed E-state index contributed by atoms with van der Waals surface area (Å²) in [4.78, 5) is 9.71. The van der Waals surface area contributed by atoms with Gasteiger partial charge in [0.15, 0.2) is 0 Å². The number of hydrogen-bond acceptors (Lipinski definition) is 5. The Bertz CT molecular complexity index is 340. The van der Waals surface area contributed by atoms with Crippen LogP contribution in [-0.4, -0.2) is 17.1 Å². The summed E-state index contributed by atoms with van der Waals surface area (Å²) in [6.45, 7) is 4.21. The van der Waals surface area contributed by atoms with Crippen LogP contribution in [0.25, 0.3) is 0 Å². The Morgan fingerprint density at radius 1 is 1.60 bits per heavy atom. The summed E-state index contributed by atoms with van der Waals surface area (Å²) in [5.41, 5.74) is 5.27. The molecule has 1 aromatic heterocycles. The lowest BCUT2D eigenvalue weighted by Gasteiger charge is -2.17. The van der Waals surface area contributed by atoms with Crippen molar-refractivity contribution in [3.05, 3.63) is 28.0 Å². The number of hydrogen-bond donors (Lipinski definition) is 1. The van der Waals surface area contributed by atoms with E-state index < -0.39 is 10.5 Å². The lowest BCUT2D eigenvalue weighted by atomic mass is 10.1. The van der Waals surface area contributed by atoms with E-state index in [0.717, 1.165) is 0 Å². The average molecular weight is 214 g/mol. The second-order valence-corrected chi connectivity index (χ2v) is 3.98. The molecule has 0 aromatic carbocycles. The number of nitrogens with two attached hydrogens (primary N) is 1. The van der Waals surface area contributed by atoms with Crippen LogP contribution in [0.3, 0.4) is 0 Å². The Hall–Kier alpha value is -1.40. The van der Waals surface area contributed by atoms with Crippen molar-refractivity contribution in [3.63, 3.8) is 0 Å². The first-order chi connectivity index (χ1) is 6.88. The van der Waals surface area contributed by atoms with Crippen LogP contribution in [-0.2, 0) is 11.3 Å². The Labute approximate surface area is 87.2 Å². The summed E-state index contributed by atoms with van der Waals surface area (Å²) in [7, 11) is 0. The number of ether oxygens (including phenoxy) is 1. The minimum atomic E-state index is -0.587. The van der Waals surface area contributed by atoms with E-state index in [1.807, 2.05) is 13.8 Å². The fraction of sp³-hybridized carbons (Fsp3) is 0.556. The molecule has 6 nitrogen and oxygen atoms in total. The second-order valence-electron chi connectivity index (χ2n) is 3.98. The maximum absolute atomic E-state index is 10.3. The molecule has 84 valence electrons. The SMILES string of the molecule is CC(C)(N)COCc1ccc([N+](=O)[O-])o1. The van der Waals surface area contributed by atoms with Crippen LogP contribution in [0.5, 0.6) is 0 Å². The molecule has 0 unspecified atom stereocenters. The van der Waals surface area contributed by atoms with Gasteiger partial charge in [-0.2, -0.15) is 0 Å². The monoisotopic (exact) mass is 214 g/mol. The molecule has 0 aliphatic carbocycles. The molecule has 0 radical (unpaired) electrons. The van der Waals surface area contributed by atoms with Gasteiger partial charge in [0.2, 0.25) is 0 Å². The third-order valence-corrected chi connectivity index (χ3v) is 1.55. The first-order valence-electron chi connectivity index (χ1n) is 4.48. The fourth-order valence-corrected chi connectivity index (χ4v) is 0.957. The molecule has 0 fully saturated rings. The minimum Gasteiger partial charge on any atom is -0.403 e. The van der Waals surface area contributed by atoms with E-state index in [4.69, 9.17) is 14.9 Å². The third kappa shape index (κ3) is 4.09. The summed E-state index contributed by atoms with van der Waals surface area (Å²) in [6.07, 6.45) is 0. The maximum Gasteiger partial charge on any atom is 0.433 e. The highest BCUT2D eigenvalue weighted by molar-refractivity contribution is 5.17. The van der Waals surface area contributed by atoms with Gasteiger partial charge < -0.3 is 14.9 Å². The van der Waals surface area contributed by atoms with E-state index in [2.05, 4.69) is 0 Å². The molecule has 0 saturated heterocycles. The van der Waals surface area contributed by atoms with Crippen molar-refractivity contribution in [2.24, 2.45) is 5.73 Å². The molecule has 6 heteroatoms. The summed E-state index contributed by atoms with van der Waals surface area (Å²) < 4.78 is 10.1. The van der Waals surface area contributed by atoms with E-state index in [1.165, 1.54) is 12.1 Å². The standard InChI is InChI=1S/C9H14N2O4/c1-9(2,10)6-14-5-7-3-4-8(15-7)11(12)13/h3-4H,5-6,10H2,1-2H3. The van der Waals surface area contributed by atoms with Gasteiger partial charge in [0, 0.05) is 5.54 Å². The van der Waals surface area contributed by atoms with Crippen molar-refractivity contribution in [1.29, 1.82) is 0 Å². The molecule has 0 bridgehead atoms. The lowest BCUT2D eigenvalue weighted by molar-refractivity contribution is -0.402. The van der Waals surface area contributed by atoms with E-state index in [-0.39, 0.29) is 12.5 Å². The zero-order valence-corrected chi connectivity index (χ0v) is 8.73. The van der Waals surface area contributed by atoms with Gasteiger partial charge in [-0.1, -0.05) is 0 Å². The molecule has 0 spiro atoms. The zero-order valence-electron chi connectivity index (χ0n) is 8.73. The summed E-state index contributed by atoms with van der Waals surface area (Å²) >= 11 is 0. The third-order valence-electron chi connectivity index (χ3n) is 1.55. The van der Waals surface area contributed by atoms with Crippen LogP contribution in [0.1, 0.15) is 19.6 Å². The lowest BCUT2D eigenvalue weighted by Crippen LogP contribution is -2.37. The summed E-state index contributed by atoms with van der Waals surface area (Å²) in [5.74, 6) is 0.145. The van der Waals surface area contributed by atoms with Crippen molar-refractivity contribution in [3.8, 4) is 0 Å². The number of rotatable bonds is 5. The molecular formula is C9H14N2O4. The topological polar surface area (TPSA) is 91.5 Å². The smallest absolute Gasteiger partial charge is 0.403 e. The van der Waals surface area contributed by atoms with E-state index in [9.17, 15) is 10.1 Å². The molecular weight excluding hydrogens is 200 g/mol. The van der Waals surface area contributed by atoms with E-state index in [1.54, 1.807) is 0 Å². The molecule has 1 aromatic rings. The van der Waals surface area contributed by atoms with Gasteiger partial charge in [-0.05, 0) is 19.9 Å². The number of nitrogens with zero attached hydrogens (tertiary/aromatic N) is 1. The van der Waals surface area contributed by atoms with Crippen LogP contribution in [0.2, 0.25) is 0 Å². The molecule has 1 rings (SSSR count). The molecule has 0 amide bonds. The van der Waals surface area contributed by atoms with Gasteiger partial charge in [-0.3, -0.25) is 10.1 Å². The van der Waals surface area contributed by atoms with Crippen LogP contribution in [0, 0.1) is 10.1 Å². The molecule has 0 saturated carbocycles. The Kier molecular flexibility index (Phi) is 3.43. The quantitative estimate of drug-likeness (QED) is 0.591. The van der Waals surface area contributed by atoms with Gasteiger partial charge in [-0.15, -0.1) is 0 Å². The van der Waals surface area contributed by atoms with Crippen molar-refractivity contribution in [1.82, 2.24) is 0 Å². The predicted molar refractivity (Wildman–Crippen MR) is 53.3 cm³/mol. The fourth-order valence-electron chi connectivity index (χ4n) is 0.957. The first kappa shape index (κ1) is 11.7. The Morgan fingerprint density at radius 2 is 2.27 bits per heavy atom. The van der Waals surface area contributed by atoms with Crippen LogP contribution >= 0.6 is 0 Å². The molecule has 15 heavy (non-hydrogen) atoms. The molecule has 0 atom stereocenters. The highest BCUT2D eigenvalue weighted by atomic mass is 16.6. The summed E-state index contributed by atoms with van der Waals surface area (Å²) in [6, 6.07) is 2.81. The van der Waals surface area contributed by atoms with Crippen LogP contribution < -0.4 is 5.73 Å². The van der Waals surface area contributed by atoms with Crippen LogP contribution in [0.15, 0.2) is 16.5 Å². The van der Waals surface area contributed by atoms with Gasteiger partial charge in [0.1, 0.15) is 17.3 Å². The molecule has 0 aliphatic rings. The van der Waals surface area contributed by atoms with E-state index in [0.29, 0.717) is 12.4 Å². The summed E-state index contributed by atoms with van der Waals surface area (Å²) in [5, 5.41) is 10.3. The zero-order chi connectivity index (χ0) is 11.5. The van der Waals surface area contributed by atoms with Gasteiger partial charge in [-0.25, -0.2) is 0 Å². The maximum atomic E-state index is 10.3. The minimum absolute atomic E-state index is 0.189. The molecule has 2 N–H and O–H groups in total. The highest BCUT2D eigenvalue weighted by Gasteiger charge is 2.14. The van der Waals surface area contributed by atoms with Gasteiger partial charge in [0.05, 0.1) is 12.7 Å². The first-order valence-corrected chi connectivity index (χ1v) is 4.48. The number of furan rings is 1. The number of nitro groups is 1. The molecule has 0 aliphatic heterocycles. The highest BCUT2D eigenvalue weighted by Crippen LogP contribution is 2.16. The van der Waals surface area contributed by atoms with Gasteiger partial charge in [0.25, 0.3) is 0 Å². The van der Waals surface area contributed by atoms with E-state index >= 15 is 0 Å². The Balaban J connectivity index is 2.41. The van der Waals surface area contributed by atoms with Crippen molar-refractivity contribution < 1.29 is 14.1 Å². The predicted octanol–water partition coefficient (Wildman–Crippen LogP) is 1.44. The average Bonchev–Trinajstić information content (AvgIpc) is 2.50. The normalized spacial score (nSPS) is 11.7. The van der Waals surface area contributed by atoms with Crippen molar-refractivity contribution >= 4 is 5.88 Å². The largest absolute Gasteiger partial charge is 0.433 e. The van der Waals surface area contributed by atoms with Crippen LogP contribution in [0.4, 0.5) is 5.88 Å².